The number of carbonyl (C=O) groups excluding carboxylic acids is 1. The van der Waals surface area contributed by atoms with E-state index in [-0.39, 0.29) is 17.1 Å². The highest BCUT2D eigenvalue weighted by Gasteiger charge is 2.18. The minimum atomic E-state index is -0.537. The Morgan fingerprint density at radius 1 is 1.53 bits per heavy atom. The van der Waals surface area contributed by atoms with Crippen LogP contribution in [0.5, 0.6) is 0 Å². The summed E-state index contributed by atoms with van der Waals surface area (Å²) < 4.78 is 0.486. The fourth-order valence-corrected chi connectivity index (χ4v) is 1.89. The summed E-state index contributed by atoms with van der Waals surface area (Å²) >= 11 is 3.15. The first-order chi connectivity index (χ1) is 8.99. The number of aryl methyl sites for hydroxylation is 1. The number of hydrogen-bond donors (Lipinski definition) is 2. The van der Waals surface area contributed by atoms with Gasteiger partial charge in [0.15, 0.2) is 0 Å². The summed E-state index contributed by atoms with van der Waals surface area (Å²) in [6.07, 6.45) is 1.43. The van der Waals surface area contributed by atoms with Gasteiger partial charge in [-0.25, -0.2) is 0 Å². The molecule has 0 atom stereocenters. The number of amides is 1. The summed E-state index contributed by atoms with van der Waals surface area (Å²) in [7, 11) is 0. The Morgan fingerprint density at radius 2 is 2.26 bits per heavy atom. The minimum Gasteiger partial charge on any atom is -0.315 e. The fraction of sp³-hybridized carbons (Fsp3) is 0.0909. The molecular weight excluding hydrogens is 316 g/mol. The van der Waals surface area contributed by atoms with E-state index in [0.717, 1.165) is 5.56 Å². The number of hydrogen-bond acceptors (Lipinski definition) is 4. The number of anilines is 1. The summed E-state index contributed by atoms with van der Waals surface area (Å²) in [4.78, 5) is 22.3. The third-order valence-electron chi connectivity index (χ3n) is 2.42. The molecule has 1 aromatic heterocycles. The molecule has 2 aromatic rings. The minimum absolute atomic E-state index is 0.141. The Balaban J connectivity index is 2.32. The predicted octanol–water partition coefficient (Wildman–Crippen LogP) is 2.64. The van der Waals surface area contributed by atoms with Crippen LogP contribution in [0.4, 0.5) is 11.4 Å². The molecule has 0 aliphatic rings. The van der Waals surface area contributed by atoms with Gasteiger partial charge in [-0.1, -0.05) is 6.07 Å². The Morgan fingerprint density at radius 3 is 2.84 bits per heavy atom. The van der Waals surface area contributed by atoms with E-state index in [2.05, 4.69) is 31.4 Å². The van der Waals surface area contributed by atoms with E-state index in [0.29, 0.717) is 4.47 Å². The number of aromatic amines is 1. The maximum Gasteiger partial charge on any atom is 0.293 e. The first-order valence-electron chi connectivity index (χ1n) is 5.24. The number of rotatable bonds is 3. The van der Waals surface area contributed by atoms with Crippen molar-refractivity contribution in [1.82, 2.24) is 10.2 Å². The molecule has 0 fully saturated rings. The van der Waals surface area contributed by atoms with Crippen LogP contribution in [0.1, 0.15) is 16.1 Å². The van der Waals surface area contributed by atoms with Crippen LogP contribution >= 0.6 is 15.9 Å². The maximum absolute atomic E-state index is 11.9. The van der Waals surface area contributed by atoms with Gasteiger partial charge in [0.25, 0.3) is 11.6 Å². The number of benzene rings is 1. The molecule has 1 aromatic carbocycles. The average molecular weight is 325 g/mol. The van der Waals surface area contributed by atoms with Crippen molar-refractivity contribution in [1.29, 1.82) is 0 Å². The number of halogens is 1. The lowest BCUT2D eigenvalue weighted by molar-refractivity contribution is -0.384. The molecule has 0 bridgehead atoms. The van der Waals surface area contributed by atoms with Crippen molar-refractivity contribution >= 4 is 33.2 Å². The first kappa shape index (κ1) is 13.2. The molecule has 0 spiro atoms. The summed E-state index contributed by atoms with van der Waals surface area (Å²) in [6, 6.07) is 4.58. The van der Waals surface area contributed by atoms with E-state index in [1.807, 2.05) is 0 Å². The third-order valence-corrected chi connectivity index (χ3v) is 3.02. The highest BCUT2D eigenvalue weighted by atomic mass is 79.9. The first-order valence-corrected chi connectivity index (χ1v) is 6.03. The summed E-state index contributed by atoms with van der Waals surface area (Å²) in [5, 5.41) is 19.6. The second-order valence-corrected chi connectivity index (χ2v) is 4.68. The van der Waals surface area contributed by atoms with Crippen LogP contribution in [-0.4, -0.2) is 21.0 Å². The van der Waals surface area contributed by atoms with E-state index >= 15 is 0 Å². The number of H-pyrrole nitrogens is 1. The zero-order valence-electron chi connectivity index (χ0n) is 9.81. The van der Waals surface area contributed by atoms with Gasteiger partial charge in [0, 0.05) is 6.07 Å². The standard InChI is InChI=1S/C11H9BrN4O3/c1-6-2-3-8(9(4-6)16(18)19)14-11(17)10-7(12)5-13-15-10/h2-5H,1H3,(H,13,15)(H,14,17). The van der Waals surface area contributed by atoms with E-state index in [1.165, 1.54) is 18.3 Å². The largest absolute Gasteiger partial charge is 0.315 e. The number of carbonyl (C=O) groups is 1. The molecule has 98 valence electrons. The highest BCUT2D eigenvalue weighted by Crippen LogP contribution is 2.26. The van der Waals surface area contributed by atoms with Gasteiger partial charge in [-0.05, 0) is 34.5 Å². The van der Waals surface area contributed by atoms with Crippen molar-refractivity contribution in [2.24, 2.45) is 0 Å². The molecule has 8 heteroatoms. The molecule has 2 rings (SSSR count). The van der Waals surface area contributed by atoms with E-state index in [9.17, 15) is 14.9 Å². The highest BCUT2D eigenvalue weighted by molar-refractivity contribution is 9.10. The number of nitrogens with zero attached hydrogens (tertiary/aromatic N) is 2. The number of nitro benzene ring substituents is 1. The predicted molar refractivity (Wildman–Crippen MR) is 72.1 cm³/mol. The molecule has 2 N–H and O–H groups in total. The molecule has 1 amide bonds. The van der Waals surface area contributed by atoms with Crippen molar-refractivity contribution < 1.29 is 9.72 Å². The molecule has 19 heavy (non-hydrogen) atoms. The molecule has 0 saturated heterocycles. The van der Waals surface area contributed by atoms with Gasteiger partial charge < -0.3 is 5.32 Å². The lowest BCUT2D eigenvalue weighted by atomic mass is 10.2. The quantitative estimate of drug-likeness (QED) is 0.669. The monoisotopic (exact) mass is 324 g/mol. The maximum atomic E-state index is 11.9. The van der Waals surface area contributed by atoms with Crippen molar-refractivity contribution in [3.63, 3.8) is 0 Å². The van der Waals surface area contributed by atoms with E-state index in [1.54, 1.807) is 13.0 Å². The van der Waals surface area contributed by atoms with Crippen LogP contribution in [0.15, 0.2) is 28.9 Å². The second kappa shape index (κ2) is 5.19. The zero-order valence-corrected chi connectivity index (χ0v) is 11.4. The van der Waals surface area contributed by atoms with Crippen LogP contribution in [-0.2, 0) is 0 Å². The van der Waals surface area contributed by atoms with Crippen LogP contribution in [0.2, 0.25) is 0 Å². The Bertz CT molecular complexity index is 653. The average Bonchev–Trinajstić information content (AvgIpc) is 2.77. The molecule has 0 aliphatic heterocycles. The van der Waals surface area contributed by atoms with Crippen molar-refractivity contribution in [3.05, 3.63) is 50.2 Å². The van der Waals surface area contributed by atoms with Gasteiger partial charge in [-0.15, -0.1) is 0 Å². The number of nitro groups is 1. The zero-order chi connectivity index (χ0) is 14.0. The molecular formula is C11H9BrN4O3. The summed E-state index contributed by atoms with van der Waals surface area (Å²) in [5.41, 5.74) is 0.938. The number of aromatic nitrogens is 2. The number of nitrogens with one attached hydrogen (secondary N) is 2. The van der Waals surface area contributed by atoms with Gasteiger partial charge in [0.05, 0.1) is 15.6 Å². The normalized spacial score (nSPS) is 10.2. The summed E-state index contributed by atoms with van der Waals surface area (Å²) in [5.74, 6) is -0.503. The Hall–Kier alpha value is -2.22. The SMILES string of the molecule is Cc1ccc(NC(=O)c2[nH]ncc2Br)c([N+](=O)[O-])c1. The molecule has 0 radical (unpaired) electrons. The van der Waals surface area contributed by atoms with Crippen LogP contribution < -0.4 is 5.32 Å². The molecule has 0 aliphatic carbocycles. The van der Waals surface area contributed by atoms with Crippen LogP contribution in [0.3, 0.4) is 0 Å². The second-order valence-electron chi connectivity index (χ2n) is 3.82. The Kier molecular flexibility index (Phi) is 3.61. The molecule has 1 heterocycles. The van der Waals surface area contributed by atoms with Crippen molar-refractivity contribution in [2.45, 2.75) is 6.92 Å². The van der Waals surface area contributed by atoms with Gasteiger partial charge in [0.1, 0.15) is 11.4 Å². The molecule has 7 nitrogen and oxygen atoms in total. The van der Waals surface area contributed by atoms with Crippen molar-refractivity contribution in [3.8, 4) is 0 Å². The summed E-state index contributed by atoms with van der Waals surface area (Å²) in [6.45, 7) is 1.74. The van der Waals surface area contributed by atoms with Gasteiger partial charge in [0.2, 0.25) is 0 Å². The van der Waals surface area contributed by atoms with Gasteiger partial charge in [-0.2, -0.15) is 5.10 Å². The topological polar surface area (TPSA) is 101 Å². The lowest BCUT2D eigenvalue weighted by Crippen LogP contribution is -2.14. The molecule has 0 saturated carbocycles. The fourth-order valence-electron chi connectivity index (χ4n) is 1.51. The molecule has 0 unspecified atom stereocenters. The third kappa shape index (κ3) is 2.79. The Labute approximate surface area is 116 Å². The lowest BCUT2D eigenvalue weighted by Gasteiger charge is -2.05. The van der Waals surface area contributed by atoms with Crippen LogP contribution in [0, 0.1) is 17.0 Å². The van der Waals surface area contributed by atoms with Gasteiger partial charge >= 0.3 is 0 Å². The van der Waals surface area contributed by atoms with Gasteiger partial charge in [-0.3, -0.25) is 20.0 Å². The van der Waals surface area contributed by atoms with Crippen molar-refractivity contribution in [2.75, 3.05) is 5.32 Å². The van der Waals surface area contributed by atoms with E-state index < -0.39 is 10.8 Å². The smallest absolute Gasteiger partial charge is 0.293 e. The van der Waals surface area contributed by atoms with Crippen LogP contribution in [0.25, 0.3) is 0 Å². The van der Waals surface area contributed by atoms with E-state index in [4.69, 9.17) is 0 Å².